The van der Waals surface area contributed by atoms with Gasteiger partial charge in [0.1, 0.15) is 22.5 Å². The molecule has 0 amide bonds. The quantitative estimate of drug-likeness (QED) is 0.274. The molecule has 2 fully saturated rings. The van der Waals surface area contributed by atoms with Gasteiger partial charge in [-0.05, 0) is 97.1 Å². The maximum absolute atomic E-state index is 14.9. The Hall–Kier alpha value is -1.48. The molecule has 2 aromatic carbocycles. The molecule has 2 aromatic rings. The fourth-order valence-corrected chi connectivity index (χ4v) is 6.72. The van der Waals surface area contributed by atoms with Crippen LogP contribution < -0.4 is 0 Å². The Morgan fingerprint density at radius 1 is 0.694 bits per heavy atom. The van der Waals surface area contributed by atoms with Gasteiger partial charge < -0.3 is 0 Å². The van der Waals surface area contributed by atoms with Crippen LogP contribution in [0.5, 0.6) is 0 Å². The third kappa shape index (κ3) is 7.53. The lowest BCUT2D eigenvalue weighted by molar-refractivity contribution is 0.222. The van der Waals surface area contributed by atoms with E-state index in [-0.39, 0.29) is 5.82 Å². The summed E-state index contributed by atoms with van der Waals surface area (Å²) in [6, 6.07) is 8.07. The maximum Gasteiger partial charge on any atom is 0.145 e. The van der Waals surface area contributed by atoms with Crippen LogP contribution in [0, 0.1) is 35.2 Å². The maximum atomic E-state index is 14.9. The van der Waals surface area contributed by atoms with Crippen LogP contribution in [0.3, 0.4) is 0 Å². The molecule has 0 spiro atoms. The van der Waals surface area contributed by atoms with Gasteiger partial charge in [-0.1, -0.05) is 88.4 Å². The van der Waals surface area contributed by atoms with Crippen molar-refractivity contribution in [3.63, 3.8) is 0 Å². The van der Waals surface area contributed by atoms with E-state index < -0.39 is 16.7 Å². The minimum absolute atomic E-state index is 0.209. The lowest BCUT2D eigenvalue weighted by Gasteiger charge is -2.32. The van der Waals surface area contributed by atoms with Crippen LogP contribution in [0.15, 0.2) is 30.3 Å². The highest BCUT2D eigenvalue weighted by molar-refractivity contribution is 6.30. The van der Waals surface area contributed by atoms with Crippen molar-refractivity contribution < 1.29 is 13.2 Å². The van der Waals surface area contributed by atoms with Gasteiger partial charge in [-0.15, -0.1) is 0 Å². The van der Waals surface area contributed by atoms with Crippen molar-refractivity contribution >= 4 is 11.6 Å². The summed E-state index contributed by atoms with van der Waals surface area (Å²) < 4.78 is 42.2. The van der Waals surface area contributed by atoms with Crippen molar-refractivity contribution in [3.05, 3.63) is 69.5 Å². The van der Waals surface area contributed by atoms with Crippen molar-refractivity contribution in [2.75, 3.05) is 0 Å². The number of halogens is 4. The molecular weight excluding hydrogens is 477 g/mol. The molecule has 4 rings (SSSR count). The molecule has 2 aliphatic rings. The SMILES string of the molecule is CCCC[C@H]1CC[C@H](CC[C@H]2CC[C@H](c3ccc(CCc4cc(F)c(Cl)c(F)c4)c(F)c3)CC2)CC1. The van der Waals surface area contributed by atoms with Crippen molar-refractivity contribution in [1.82, 2.24) is 0 Å². The Kier molecular flexibility index (Phi) is 10.2. The minimum atomic E-state index is -0.770. The van der Waals surface area contributed by atoms with Gasteiger partial charge in [0, 0.05) is 0 Å². The molecule has 2 saturated carbocycles. The van der Waals surface area contributed by atoms with Crippen LogP contribution in [0.2, 0.25) is 5.02 Å². The highest BCUT2D eigenvalue weighted by atomic mass is 35.5. The van der Waals surface area contributed by atoms with E-state index in [4.69, 9.17) is 11.6 Å². The Bertz CT molecular complexity index is 948. The fraction of sp³-hybridized carbons (Fsp3) is 0.625. The molecule has 0 N–H and O–H groups in total. The van der Waals surface area contributed by atoms with Gasteiger partial charge in [-0.3, -0.25) is 0 Å². The summed E-state index contributed by atoms with van der Waals surface area (Å²) in [5.41, 5.74) is 2.18. The van der Waals surface area contributed by atoms with Crippen molar-refractivity contribution in [2.24, 2.45) is 17.8 Å². The minimum Gasteiger partial charge on any atom is -0.207 e. The van der Waals surface area contributed by atoms with E-state index in [9.17, 15) is 13.2 Å². The van der Waals surface area contributed by atoms with E-state index >= 15 is 0 Å². The van der Waals surface area contributed by atoms with Gasteiger partial charge in [-0.25, -0.2) is 13.2 Å². The standard InChI is InChI=1S/C32H42ClF3/c1-2-3-4-22-5-7-23(8-6-22)9-10-24-11-14-26(15-12-24)28-18-17-27(29(34)21-28)16-13-25-19-30(35)32(33)31(36)20-25/h17-24,26H,2-16H2,1H3/t22-,23-,24-,26-. The summed E-state index contributed by atoms with van der Waals surface area (Å²) >= 11 is 5.55. The lowest BCUT2D eigenvalue weighted by Crippen LogP contribution is -2.18. The zero-order chi connectivity index (χ0) is 25.5. The number of hydrogen-bond donors (Lipinski definition) is 0. The Morgan fingerprint density at radius 3 is 1.81 bits per heavy atom. The molecule has 4 heteroatoms. The van der Waals surface area contributed by atoms with Crippen molar-refractivity contribution in [1.29, 1.82) is 0 Å². The molecule has 198 valence electrons. The van der Waals surface area contributed by atoms with Gasteiger partial charge >= 0.3 is 0 Å². The zero-order valence-electron chi connectivity index (χ0n) is 21.8. The van der Waals surface area contributed by atoms with Gasteiger partial charge in [0.15, 0.2) is 0 Å². The van der Waals surface area contributed by atoms with Gasteiger partial charge in [-0.2, -0.15) is 0 Å². The zero-order valence-corrected chi connectivity index (χ0v) is 22.6. The summed E-state index contributed by atoms with van der Waals surface area (Å²) in [5, 5.41) is -0.492. The summed E-state index contributed by atoms with van der Waals surface area (Å²) in [7, 11) is 0. The van der Waals surface area contributed by atoms with Gasteiger partial charge in [0.2, 0.25) is 0 Å². The van der Waals surface area contributed by atoms with Crippen molar-refractivity contribution in [3.8, 4) is 0 Å². The third-order valence-electron chi connectivity index (χ3n) is 9.04. The summed E-state index contributed by atoms with van der Waals surface area (Å²) in [4.78, 5) is 0. The normalized spacial score (nSPS) is 24.7. The van der Waals surface area contributed by atoms with Crippen LogP contribution in [-0.2, 0) is 12.8 Å². The number of unbranched alkanes of at least 4 members (excludes halogenated alkanes) is 1. The first-order valence-electron chi connectivity index (χ1n) is 14.3. The molecule has 0 atom stereocenters. The molecule has 0 unspecified atom stereocenters. The molecule has 36 heavy (non-hydrogen) atoms. The molecule has 0 nitrogen and oxygen atoms in total. The number of rotatable bonds is 10. The molecule has 0 bridgehead atoms. The second-order valence-corrected chi connectivity index (χ2v) is 11.9. The molecule has 0 aliphatic heterocycles. The molecule has 0 heterocycles. The highest BCUT2D eigenvalue weighted by Gasteiger charge is 2.25. The predicted molar refractivity (Wildman–Crippen MR) is 144 cm³/mol. The first-order valence-corrected chi connectivity index (χ1v) is 14.7. The van der Waals surface area contributed by atoms with E-state index in [0.717, 1.165) is 36.2 Å². The van der Waals surface area contributed by atoms with Crippen LogP contribution in [0.1, 0.15) is 113 Å². The highest BCUT2D eigenvalue weighted by Crippen LogP contribution is 2.40. The Labute approximate surface area is 221 Å². The van der Waals surface area contributed by atoms with Crippen LogP contribution in [0.25, 0.3) is 0 Å². The average Bonchev–Trinajstić information content (AvgIpc) is 2.89. The van der Waals surface area contributed by atoms with E-state index in [0.29, 0.717) is 29.9 Å². The number of benzene rings is 2. The molecule has 0 aromatic heterocycles. The van der Waals surface area contributed by atoms with Crippen LogP contribution in [-0.4, -0.2) is 0 Å². The third-order valence-corrected chi connectivity index (χ3v) is 9.40. The van der Waals surface area contributed by atoms with Gasteiger partial charge in [0.05, 0.1) is 0 Å². The van der Waals surface area contributed by atoms with Crippen molar-refractivity contribution in [2.45, 2.75) is 109 Å². The van der Waals surface area contributed by atoms with E-state index in [1.807, 2.05) is 6.07 Å². The van der Waals surface area contributed by atoms with E-state index in [2.05, 4.69) is 13.0 Å². The monoisotopic (exact) mass is 518 g/mol. The second kappa shape index (κ2) is 13.4. The first kappa shape index (κ1) is 27.6. The molecular formula is C32H42ClF3. The van der Waals surface area contributed by atoms with Crippen LogP contribution >= 0.6 is 11.6 Å². The largest absolute Gasteiger partial charge is 0.207 e. The summed E-state index contributed by atoms with van der Waals surface area (Å²) in [5.74, 6) is 1.47. The van der Waals surface area contributed by atoms with Crippen LogP contribution in [0.4, 0.5) is 13.2 Å². The lowest BCUT2D eigenvalue weighted by atomic mass is 9.74. The predicted octanol–water partition coefficient (Wildman–Crippen LogP) is 10.6. The summed E-state index contributed by atoms with van der Waals surface area (Å²) in [6.07, 6.45) is 18.3. The second-order valence-electron chi connectivity index (χ2n) is 11.5. The average molecular weight is 519 g/mol. The first-order chi connectivity index (χ1) is 17.4. The van der Waals surface area contributed by atoms with Gasteiger partial charge in [0.25, 0.3) is 0 Å². The number of aryl methyl sites for hydroxylation is 2. The molecule has 0 saturated heterocycles. The molecule has 2 aliphatic carbocycles. The number of hydrogen-bond acceptors (Lipinski definition) is 0. The summed E-state index contributed by atoms with van der Waals surface area (Å²) in [6.45, 7) is 2.30. The Morgan fingerprint density at radius 2 is 1.25 bits per heavy atom. The smallest absolute Gasteiger partial charge is 0.145 e. The topological polar surface area (TPSA) is 0 Å². The molecule has 0 radical (unpaired) electrons. The van der Waals surface area contributed by atoms with E-state index in [1.54, 1.807) is 6.07 Å². The fourth-order valence-electron chi connectivity index (χ4n) is 6.61. The van der Waals surface area contributed by atoms with E-state index in [1.165, 1.54) is 82.8 Å². The Balaban J connectivity index is 1.20.